The minimum atomic E-state index is -1.63. The molecule has 2 nitrogen and oxygen atoms in total. The van der Waals surface area contributed by atoms with Crippen molar-refractivity contribution in [2.24, 2.45) is 0 Å². The monoisotopic (exact) mass is 282 g/mol. The lowest BCUT2D eigenvalue weighted by Gasteiger charge is -2.38. The summed E-state index contributed by atoms with van der Waals surface area (Å²) >= 11 is 0. The van der Waals surface area contributed by atoms with Gasteiger partial charge in [-0.1, -0.05) is 25.6 Å². The van der Waals surface area contributed by atoms with E-state index in [2.05, 4.69) is 50.7 Å². The van der Waals surface area contributed by atoms with Crippen molar-refractivity contribution in [3.8, 4) is 11.5 Å². The molecule has 0 bridgehead atoms. The first-order chi connectivity index (χ1) is 8.02. The van der Waals surface area contributed by atoms with Crippen molar-refractivity contribution >= 4 is 22.2 Å². The van der Waals surface area contributed by atoms with Crippen molar-refractivity contribution in [1.29, 1.82) is 0 Å². The highest BCUT2D eigenvalue weighted by atomic mass is 28.4. The van der Waals surface area contributed by atoms with Crippen LogP contribution in [0.2, 0.25) is 39.3 Å². The van der Waals surface area contributed by atoms with Crippen molar-refractivity contribution in [3.05, 3.63) is 0 Å². The van der Waals surface area contributed by atoms with Crippen LogP contribution in [0.3, 0.4) is 0 Å². The molecule has 0 heterocycles. The smallest absolute Gasteiger partial charge is 0.185 e. The topological polar surface area (TPSA) is 26.3 Å². The van der Waals surface area contributed by atoms with Crippen LogP contribution in [0, 0.1) is 11.5 Å². The molecule has 0 atom stereocenters. The van der Waals surface area contributed by atoms with Gasteiger partial charge in [0.2, 0.25) is 0 Å². The summed E-state index contributed by atoms with van der Waals surface area (Å²) in [4.78, 5) is 11.4. The highest BCUT2D eigenvalue weighted by Gasteiger charge is 2.38. The van der Waals surface area contributed by atoms with Crippen LogP contribution in [-0.4, -0.2) is 27.8 Å². The van der Waals surface area contributed by atoms with E-state index in [9.17, 15) is 4.79 Å². The molecule has 0 aromatic carbocycles. The van der Waals surface area contributed by atoms with E-state index in [1.165, 1.54) is 0 Å². The number of carbonyl (C=O) groups is 1. The standard InChI is InChI=1S/C14H26O2Si2/c1-17(2,3)12-11-14(16-18(4,5)6)9-7-13(15)8-10-14/h7-10H2,1-6H3. The predicted octanol–water partition coefficient (Wildman–Crippen LogP) is 3.60. The lowest BCUT2D eigenvalue weighted by Crippen LogP contribution is -2.44. The summed E-state index contributed by atoms with van der Waals surface area (Å²) in [6.45, 7) is 13.3. The third kappa shape index (κ3) is 5.51. The molecule has 0 amide bonds. The lowest BCUT2D eigenvalue weighted by molar-refractivity contribution is -0.123. The van der Waals surface area contributed by atoms with Gasteiger partial charge in [0.25, 0.3) is 0 Å². The summed E-state index contributed by atoms with van der Waals surface area (Å²) in [6, 6.07) is 0. The Morgan fingerprint density at radius 2 is 1.56 bits per heavy atom. The van der Waals surface area contributed by atoms with Crippen molar-refractivity contribution in [1.82, 2.24) is 0 Å². The molecule has 0 N–H and O–H groups in total. The Labute approximate surface area is 114 Å². The van der Waals surface area contributed by atoms with Gasteiger partial charge in [-0.3, -0.25) is 4.79 Å². The van der Waals surface area contributed by atoms with Gasteiger partial charge in [0.15, 0.2) is 8.32 Å². The summed E-state index contributed by atoms with van der Waals surface area (Å²) in [5, 5.41) is 0. The maximum Gasteiger partial charge on any atom is 0.185 e. The largest absolute Gasteiger partial charge is 0.402 e. The third-order valence-electron chi connectivity index (χ3n) is 2.78. The second-order valence-corrected chi connectivity index (χ2v) is 16.4. The first-order valence-corrected chi connectivity index (χ1v) is 13.7. The molecule has 18 heavy (non-hydrogen) atoms. The maximum absolute atomic E-state index is 11.4. The summed E-state index contributed by atoms with van der Waals surface area (Å²) in [5.74, 6) is 3.78. The number of Topliss-reactive ketones (excluding diaryl/α,β-unsaturated/α-hetero) is 1. The summed E-state index contributed by atoms with van der Waals surface area (Å²) in [5.41, 5.74) is 3.11. The minimum absolute atomic E-state index is 0.335. The highest BCUT2D eigenvalue weighted by molar-refractivity contribution is 6.83. The fraction of sp³-hybridized carbons (Fsp3) is 0.786. The van der Waals surface area contributed by atoms with Gasteiger partial charge < -0.3 is 4.43 Å². The van der Waals surface area contributed by atoms with E-state index in [-0.39, 0.29) is 5.60 Å². The zero-order chi connectivity index (χ0) is 14.0. The zero-order valence-electron chi connectivity index (χ0n) is 12.6. The Morgan fingerprint density at radius 3 is 1.94 bits per heavy atom. The second kappa shape index (κ2) is 5.32. The number of hydrogen-bond donors (Lipinski definition) is 0. The van der Waals surface area contributed by atoms with Crippen LogP contribution in [0.4, 0.5) is 0 Å². The van der Waals surface area contributed by atoms with E-state index < -0.39 is 16.4 Å². The Hall–Kier alpha value is -0.376. The molecular weight excluding hydrogens is 256 g/mol. The number of ketones is 1. The SMILES string of the molecule is C[Si](C)(C)C#CC1(O[Si](C)(C)C)CCC(=O)CC1. The van der Waals surface area contributed by atoms with Crippen molar-refractivity contribution in [3.63, 3.8) is 0 Å². The molecule has 0 saturated heterocycles. The Balaban J connectivity index is 2.94. The van der Waals surface area contributed by atoms with Crippen LogP contribution in [0.25, 0.3) is 0 Å². The number of rotatable bonds is 2. The Kier molecular flexibility index (Phi) is 4.63. The van der Waals surface area contributed by atoms with E-state index in [1.807, 2.05) is 0 Å². The highest BCUT2D eigenvalue weighted by Crippen LogP contribution is 2.32. The number of carbonyl (C=O) groups excluding carboxylic acids is 1. The van der Waals surface area contributed by atoms with Crippen LogP contribution in [0.5, 0.6) is 0 Å². The third-order valence-corrected chi connectivity index (χ3v) is 4.66. The molecule has 102 valence electrons. The molecule has 1 fully saturated rings. The predicted molar refractivity (Wildman–Crippen MR) is 81.8 cm³/mol. The molecule has 0 aromatic rings. The molecule has 1 aliphatic carbocycles. The van der Waals surface area contributed by atoms with Crippen LogP contribution < -0.4 is 0 Å². The van der Waals surface area contributed by atoms with Gasteiger partial charge in [-0.05, 0) is 32.5 Å². The first kappa shape index (κ1) is 15.7. The molecule has 0 unspecified atom stereocenters. The van der Waals surface area contributed by atoms with Gasteiger partial charge in [-0.2, -0.15) is 0 Å². The fourth-order valence-electron chi connectivity index (χ4n) is 2.07. The summed E-state index contributed by atoms with van der Waals surface area (Å²) in [7, 11) is -3.02. The first-order valence-electron chi connectivity index (χ1n) is 6.78. The van der Waals surface area contributed by atoms with E-state index in [1.54, 1.807) is 0 Å². The Bertz CT molecular complexity index is 367. The van der Waals surface area contributed by atoms with E-state index in [0.717, 1.165) is 12.8 Å². The molecule has 0 aromatic heterocycles. The van der Waals surface area contributed by atoms with Crippen molar-refractivity contribution in [2.75, 3.05) is 0 Å². The molecular formula is C14H26O2Si2. The van der Waals surface area contributed by atoms with E-state index >= 15 is 0 Å². The van der Waals surface area contributed by atoms with Gasteiger partial charge in [-0.25, -0.2) is 0 Å². The van der Waals surface area contributed by atoms with Crippen LogP contribution in [0.15, 0.2) is 0 Å². The van der Waals surface area contributed by atoms with E-state index in [0.29, 0.717) is 18.6 Å². The van der Waals surface area contributed by atoms with Gasteiger partial charge in [0.05, 0.1) is 0 Å². The molecule has 4 heteroatoms. The lowest BCUT2D eigenvalue weighted by atomic mass is 9.85. The molecule has 1 aliphatic rings. The molecule has 0 spiro atoms. The summed E-state index contributed by atoms with van der Waals surface area (Å²) in [6.07, 6.45) is 2.83. The van der Waals surface area contributed by atoms with Crippen molar-refractivity contribution < 1.29 is 9.22 Å². The fourth-order valence-corrected chi connectivity index (χ4v) is 4.10. The quantitative estimate of drug-likeness (QED) is 0.571. The Morgan fingerprint density at radius 1 is 1.06 bits per heavy atom. The second-order valence-electron chi connectivity index (χ2n) is 7.25. The minimum Gasteiger partial charge on any atom is -0.402 e. The van der Waals surface area contributed by atoms with Crippen LogP contribution in [-0.2, 0) is 9.22 Å². The van der Waals surface area contributed by atoms with Gasteiger partial charge in [-0.15, -0.1) is 5.54 Å². The maximum atomic E-state index is 11.4. The normalized spacial score (nSPS) is 20.2. The molecule has 1 saturated carbocycles. The van der Waals surface area contributed by atoms with Gasteiger partial charge >= 0.3 is 0 Å². The molecule has 1 rings (SSSR count). The van der Waals surface area contributed by atoms with Crippen molar-refractivity contribution in [2.45, 2.75) is 70.6 Å². The average Bonchev–Trinajstić information content (AvgIpc) is 2.16. The van der Waals surface area contributed by atoms with Gasteiger partial charge in [0.1, 0.15) is 19.5 Å². The average molecular weight is 283 g/mol. The van der Waals surface area contributed by atoms with E-state index in [4.69, 9.17) is 4.43 Å². The van der Waals surface area contributed by atoms with Gasteiger partial charge in [0, 0.05) is 12.8 Å². The zero-order valence-corrected chi connectivity index (χ0v) is 14.6. The number of hydrogen-bond acceptors (Lipinski definition) is 2. The van der Waals surface area contributed by atoms with Crippen LogP contribution >= 0.6 is 0 Å². The summed E-state index contributed by atoms with van der Waals surface area (Å²) < 4.78 is 6.35. The molecule has 0 radical (unpaired) electrons. The van der Waals surface area contributed by atoms with Crippen LogP contribution in [0.1, 0.15) is 25.7 Å². The molecule has 0 aliphatic heterocycles.